The molecule has 2 atom stereocenters. The first kappa shape index (κ1) is 33.4. The summed E-state index contributed by atoms with van der Waals surface area (Å²) in [6, 6.07) is 17.4. The summed E-state index contributed by atoms with van der Waals surface area (Å²) in [5.41, 5.74) is 3.12. The Hall–Kier alpha value is -4.93. The van der Waals surface area contributed by atoms with Crippen LogP contribution in [0.15, 0.2) is 78.0 Å². The second-order valence-corrected chi connectivity index (χ2v) is 11.3. The fourth-order valence-corrected chi connectivity index (χ4v) is 5.62. The van der Waals surface area contributed by atoms with Gasteiger partial charge in [-0.15, -0.1) is 18.3 Å². The Morgan fingerprint density at radius 3 is 2.40 bits per heavy atom. The summed E-state index contributed by atoms with van der Waals surface area (Å²) in [6.07, 6.45) is -5.65. The lowest BCUT2D eigenvalue weighted by Crippen LogP contribution is -2.43. The lowest BCUT2D eigenvalue weighted by Gasteiger charge is -2.30. The zero-order valence-corrected chi connectivity index (χ0v) is 26.4. The number of anilines is 1. The highest BCUT2D eigenvalue weighted by Gasteiger charge is 2.33. The first-order chi connectivity index (χ1) is 22.3. The van der Waals surface area contributed by atoms with E-state index in [0.29, 0.717) is 39.2 Å². The number of thioether (sulfide) groups is 1. The van der Waals surface area contributed by atoms with Gasteiger partial charge in [0.25, 0.3) is 0 Å². The van der Waals surface area contributed by atoms with Crippen LogP contribution in [0.2, 0.25) is 0 Å². The van der Waals surface area contributed by atoms with Crippen molar-refractivity contribution in [2.24, 2.45) is 4.99 Å². The van der Waals surface area contributed by atoms with E-state index in [1.807, 2.05) is 6.92 Å². The molecule has 2 N–H and O–H groups in total. The minimum atomic E-state index is -4.79. The number of amides is 2. The monoisotopic (exact) mass is 669 g/mol. The predicted octanol–water partition coefficient (Wildman–Crippen LogP) is 4.63. The first-order valence-electron chi connectivity index (χ1n) is 14.1. The molecule has 1 fully saturated rings. The van der Waals surface area contributed by atoms with Gasteiger partial charge in [-0.25, -0.2) is 20.0 Å². The molecule has 0 aliphatic carbocycles. The number of aliphatic hydroxyl groups is 1. The van der Waals surface area contributed by atoms with Crippen LogP contribution in [0.1, 0.15) is 24.2 Å². The Labute approximate surface area is 271 Å². The van der Waals surface area contributed by atoms with Gasteiger partial charge < -0.3 is 19.5 Å². The number of aliphatic imine (C=N–C) groups is 1. The molecule has 16 heteroatoms. The van der Waals surface area contributed by atoms with E-state index in [-0.39, 0.29) is 23.3 Å². The topological polar surface area (TPSA) is 134 Å². The minimum Gasteiger partial charge on any atom is -0.497 e. The van der Waals surface area contributed by atoms with E-state index < -0.39 is 18.9 Å². The van der Waals surface area contributed by atoms with Gasteiger partial charge in [0.05, 0.1) is 24.2 Å². The third-order valence-electron chi connectivity index (χ3n) is 7.15. The third-order valence-corrected chi connectivity index (χ3v) is 8.08. The van der Waals surface area contributed by atoms with Crippen LogP contribution in [-0.4, -0.2) is 74.4 Å². The van der Waals surface area contributed by atoms with Gasteiger partial charge in [-0.1, -0.05) is 36.0 Å². The van der Waals surface area contributed by atoms with Crippen molar-refractivity contribution in [2.75, 3.05) is 24.8 Å². The summed E-state index contributed by atoms with van der Waals surface area (Å²) in [6.45, 7) is 3.23. The van der Waals surface area contributed by atoms with E-state index in [1.54, 1.807) is 56.6 Å². The number of aryl methyl sites for hydroxylation is 1. The van der Waals surface area contributed by atoms with Crippen molar-refractivity contribution in [3.63, 3.8) is 0 Å². The molecule has 0 saturated carbocycles. The number of methoxy groups -OCH3 is 1. The molecule has 47 heavy (non-hydrogen) atoms. The number of carbonyl (C=O) groups excluding carboxylic acids is 2. The molecule has 4 aromatic rings. The fourth-order valence-electron chi connectivity index (χ4n) is 4.73. The molecule has 1 aromatic heterocycles. The Kier molecular flexibility index (Phi) is 9.83. The summed E-state index contributed by atoms with van der Waals surface area (Å²) in [4.78, 5) is 36.7. The van der Waals surface area contributed by atoms with E-state index >= 15 is 0 Å². The quantitative estimate of drug-likeness (QED) is 0.232. The molecule has 246 valence electrons. The van der Waals surface area contributed by atoms with E-state index in [9.17, 15) is 27.9 Å². The molecule has 0 spiro atoms. The van der Waals surface area contributed by atoms with E-state index in [2.05, 4.69) is 25.1 Å². The number of aliphatic hydroxyl groups excluding tert-OH is 1. The van der Waals surface area contributed by atoms with Gasteiger partial charge in [-0.05, 0) is 60.5 Å². The van der Waals surface area contributed by atoms with Crippen LogP contribution in [0.4, 0.5) is 18.9 Å². The van der Waals surface area contributed by atoms with Crippen molar-refractivity contribution in [2.45, 2.75) is 32.7 Å². The second-order valence-electron chi connectivity index (χ2n) is 10.3. The molecular weight excluding hydrogens is 639 g/mol. The summed E-state index contributed by atoms with van der Waals surface area (Å²) < 4.78 is 48.0. The summed E-state index contributed by atoms with van der Waals surface area (Å²) >= 11 is 1.19. The SMILES string of the molecule is COc1ccc(N2C(=O)CSC2=NC(O)NC(c2ccc(-c3ncn(-c4ccc(OC(F)(F)F)cc4)n3)cc2)N(C)C(C)=O)c(C)c1. The summed E-state index contributed by atoms with van der Waals surface area (Å²) in [5, 5.41) is 18.7. The molecule has 3 aromatic carbocycles. The number of halogens is 3. The highest BCUT2D eigenvalue weighted by molar-refractivity contribution is 8.15. The second kappa shape index (κ2) is 13.8. The van der Waals surface area contributed by atoms with Gasteiger partial charge in [0.1, 0.15) is 24.0 Å². The molecule has 1 aliphatic heterocycles. The maximum Gasteiger partial charge on any atom is 0.573 e. The van der Waals surface area contributed by atoms with Crippen LogP contribution < -0.4 is 19.7 Å². The molecule has 2 heterocycles. The number of benzene rings is 3. The van der Waals surface area contributed by atoms with Crippen LogP contribution in [0.5, 0.6) is 11.5 Å². The molecular formula is C31H30F3N7O5S. The smallest absolute Gasteiger partial charge is 0.497 e. The third kappa shape index (κ3) is 7.90. The predicted molar refractivity (Wildman–Crippen MR) is 169 cm³/mol. The van der Waals surface area contributed by atoms with Gasteiger partial charge in [0, 0.05) is 19.5 Å². The largest absolute Gasteiger partial charge is 0.573 e. The number of hydrogen-bond donors (Lipinski definition) is 2. The van der Waals surface area contributed by atoms with Crippen LogP contribution in [0.3, 0.4) is 0 Å². The van der Waals surface area contributed by atoms with Crippen molar-refractivity contribution in [1.82, 2.24) is 25.0 Å². The number of aromatic nitrogens is 3. The highest BCUT2D eigenvalue weighted by Crippen LogP contribution is 2.32. The van der Waals surface area contributed by atoms with E-state index in [1.165, 1.54) is 63.8 Å². The van der Waals surface area contributed by atoms with Gasteiger partial charge in [0.2, 0.25) is 18.2 Å². The maximum absolute atomic E-state index is 12.8. The van der Waals surface area contributed by atoms with Crippen LogP contribution in [0.25, 0.3) is 17.1 Å². The van der Waals surface area contributed by atoms with Gasteiger partial charge >= 0.3 is 6.36 Å². The minimum absolute atomic E-state index is 0.150. The molecule has 5 rings (SSSR count). The fraction of sp³-hybridized carbons (Fsp3) is 0.258. The Balaban J connectivity index is 1.33. The van der Waals surface area contributed by atoms with Gasteiger partial charge in [-0.2, -0.15) is 0 Å². The van der Waals surface area contributed by atoms with Crippen molar-refractivity contribution in [3.05, 3.63) is 84.2 Å². The van der Waals surface area contributed by atoms with Gasteiger partial charge in [0.15, 0.2) is 11.0 Å². The Morgan fingerprint density at radius 2 is 1.79 bits per heavy atom. The lowest BCUT2D eigenvalue weighted by molar-refractivity contribution is -0.274. The number of alkyl halides is 3. The number of carbonyl (C=O) groups is 2. The normalized spacial score (nSPS) is 15.5. The lowest BCUT2D eigenvalue weighted by atomic mass is 10.1. The van der Waals surface area contributed by atoms with Crippen molar-refractivity contribution < 1.29 is 37.3 Å². The molecule has 1 aliphatic rings. The standard InChI is InChI=1S/C31H30F3N7O5S/c1-18-15-24(45-4)13-14-25(18)41-26(43)16-47-30(41)37-29(44)36-28(39(3)19(2)42)21-7-5-20(6-8-21)27-35-17-40(38-27)22-9-11-23(12-10-22)46-31(32,33)34/h5-15,17,28-29,36,44H,16H2,1-4H3. The number of amidine groups is 1. The number of hydrogen-bond acceptors (Lipinski definition) is 10. The van der Waals surface area contributed by atoms with Crippen molar-refractivity contribution in [3.8, 4) is 28.6 Å². The number of rotatable bonds is 10. The zero-order valence-electron chi connectivity index (χ0n) is 25.6. The molecule has 2 amide bonds. The van der Waals surface area contributed by atoms with Crippen LogP contribution >= 0.6 is 11.8 Å². The van der Waals surface area contributed by atoms with Crippen molar-refractivity contribution in [1.29, 1.82) is 0 Å². The van der Waals surface area contributed by atoms with E-state index in [4.69, 9.17) is 4.74 Å². The average molecular weight is 670 g/mol. The maximum atomic E-state index is 12.8. The first-order valence-corrected chi connectivity index (χ1v) is 15.1. The highest BCUT2D eigenvalue weighted by atomic mass is 32.2. The van der Waals surface area contributed by atoms with Crippen molar-refractivity contribution >= 4 is 34.4 Å². The average Bonchev–Trinajstić information content (AvgIpc) is 3.66. The molecule has 1 saturated heterocycles. The van der Waals surface area contributed by atoms with E-state index in [0.717, 1.165) is 5.56 Å². The molecule has 0 radical (unpaired) electrons. The molecule has 0 bridgehead atoms. The zero-order chi connectivity index (χ0) is 33.9. The Bertz CT molecular complexity index is 1780. The Morgan fingerprint density at radius 1 is 1.11 bits per heavy atom. The van der Waals surface area contributed by atoms with Gasteiger partial charge in [-0.3, -0.25) is 14.5 Å². The summed E-state index contributed by atoms with van der Waals surface area (Å²) in [5.74, 6) is 0.318. The van der Waals surface area contributed by atoms with Crippen LogP contribution in [-0.2, 0) is 9.59 Å². The molecule has 2 unspecified atom stereocenters. The molecule has 12 nitrogen and oxygen atoms in total. The van der Waals surface area contributed by atoms with Crippen LogP contribution in [0, 0.1) is 6.92 Å². The number of ether oxygens (including phenoxy) is 2. The number of nitrogens with one attached hydrogen (secondary N) is 1. The summed E-state index contributed by atoms with van der Waals surface area (Å²) in [7, 11) is 3.13. The number of nitrogens with zero attached hydrogens (tertiary/aromatic N) is 6.